The van der Waals surface area contributed by atoms with Gasteiger partial charge in [-0.3, -0.25) is 0 Å². The van der Waals surface area contributed by atoms with Crippen LogP contribution in [0.4, 0.5) is 0 Å². The molecule has 0 aliphatic carbocycles. The third-order valence-electron chi connectivity index (χ3n) is 1.39. The summed E-state index contributed by atoms with van der Waals surface area (Å²) in [4.78, 5) is -0.0104. The molecule has 72 valence electrons. The molecule has 0 saturated carbocycles. The summed E-state index contributed by atoms with van der Waals surface area (Å²) in [6.07, 6.45) is 1.08. The smallest absolute Gasteiger partial charge is 0.179 e. The summed E-state index contributed by atoms with van der Waals surface area (Å²) in [5, 5.41) is 9.47. The van der Waals surface area contributed by atoms with Gasteiger partial charge in [-0.2, -0.15) is 0 Å². The molecule has 0 unspecified atom stereocenters. The predicted molar refractivity (Wildman–Crippen MR) is 66.7 cm³/mol. The average Bonchev–Trinajstić information content (AvgIpc) is 1.94. The first-order valence-electron chi connectivity index (χ1n) is 3.20. The maximum Gasteiger partial charge on any atom is 0.179 e. The van der Waals surface area contributed by atoms with Crippen LogP contribution in [0.5, 0.6) is 5.75 Å². The quantitative estimate of drug-likeness (QED) is 0.703. The van der Waals surface area contributed by atoms with E-state index in [1.165, 1.54) is 6.07 Å². The highest BCUT2D eigenvalue weighted by Crippen LogP contribution is 2.30. The summed E-state index contributed by atoms with van der Waals surface area (Å²) < 4.78 is 23.7. The van der Waals surface area contributed by atoms with Crippen LogP contribution in [-0.4, -0.2) is 19.8 Å². The maximum absolute atomic E-state index is 11.2. The monoisotopic (exact) mass is 424 g/mol. The van der Waals surface area contributed by atoms with E-state index >= 15 is 0 Å². The predicted octanol–water partition coefficient (Wildman–Crippen LogP) is 2.00. The molecule has 0 saturated heterocycles. The summed E-state index contributed by atoms with van der Waals surface area (Å²) in [6.45, 7) is 0. The molecule has 13 heavy (non-hydrogen) atoms. The molecular weight excluding hydrogens is 418 g/mol. The van der Waals surface area contributed by atoms with Crippen molar-refractivity contribution in [3.63, 3.8) is 0 Å². The second-order valence-corrected chi connectivity index (χ2v) is 6.90. The normalized spacial score (nSPS) is 11.6. The van der Waals surface area contributed by atoms with Crippen LogP contribution in [0.25, 0.3) is 0 Å². The van der Waals surface area contributed by atoms with E-state index in [0.29, 0.717) is 3.57 Å². The Hall–Kier alpha value is 0.430. The molecule has 0 bridgehead atoms. The highest BCUT2D eigenvalue weighted by atomic mass is 127. The van der Waals surface area contributed by atoms with Gasteiger partial charge in [0, 0.05) is 9.83 Å². The molecule has 0 aliphatic heterocycles. The number of hydrogen-bond donors (Lipinski definition) is 1. The molecule has 0 aliphatic rings. The van der Waals surface area contributed by atoms with E-state index in [1.807, 2.05) is 45.2 Å². The Morgan fingerprint density at radius 2 is 1.85 bits per heavy atom. The lowest BCUT2D eigenvalue weighted by Gasteiger charge is -2.04. The van der Waals surface area contributed by atoms with Gasteiger partial charge < -0.3 is 5.11 Å². The van der Waals surface area contributed by atoms with Crippen molar-refractivity contribution in [1.29, 1.82) is 0 Å². The van der Waals surface area contributed by atoms with Crippen molar-refractivity contribution in [2.24, 2.45) is 0 Å². The fourth-order valence-corrected chi connectivity index (χ4v) is 3.87. The van der Waals surface area contributed by atoms with E-state index in [4.69, 9.17) is 0 Å². The number of phenolic OH excluding ortho intramolecular Hbond substituents is 1. The van der Waals surface area contributed by atoms with E-state index in [1.54, 1.807) is 6.07 Å². The Morgan fingerprint density at radius 1 is 1.31 bits per heavy atom. The van der Waals surface area contributed by atoms with Crippen LogP contribution in [0.2, 0.25) is 0 Å². The molecule has 0 radical (unpaired) electrons. The fourth-order valence-electron chi connectivity index (χ4n) is 0.825. The number of hydrogen-bond acceptors (Lipinski definition) is 3. The van der Waals surface area contributed by atoms with Crippen LogP contribution in [-0.2, 0) is 9.84 Å². The number of halogens is 2. The second-order valence-electron chi connectivity index (χ2n) is 2.51. The van der Waals surface area contributed by atoms with Crippen molar-refractivity contribution in [3.8, 4) is 5.75 Å². The van der Waals surface area contributed by atoms with Crippen molar-refractivity contribution in [2.75, 3.05) is 6.26 Å². The SMILES string of the molecule is CS(=O)(=O)c1cc(I)cc(I)c1O. The number of benzene rings is 1. The molecule has 0 aromatic heterocycles. The topological polar surface area (TPSA) is 54.4 Å². The van der Waals surface area contributed by atoms with Crippen molar-refractivity contribution in [1.82, 2.24) is 0 Å². The third-order valence-corrected chi connectivity index (χ3v) is 3.95. The molecule has 1 aromatic rings. The summed E-state index contributed by atoms with van der Waals surface area (Å²) in [6, 6.07) is 3.17. The molecule has 6 heteroatoms. The Balaban J connectivity index is 3.56. The van der Waals surface area contributed by atoms with Crippen LogP contribution < -0.4 is 0 Å². The second kappa shape index (κ2) is 3.89. The average molecular weight is 424 g/mol. The van der Waals surface area contributed by atoms with Gasteiger partial charge in [-0.25, -0.2) is 8.42 Å². The maximum atomic E-state index is 11.2. The van der Waals surface area contributed by atoms with E-state index < -0.39 is 9.84 Å². The number of sulfone groups is 1. The number of aromatic hydroxyl groups is 1. The lowest BCUT2D eigenvalue weighted by Crippen LogP contribution is -1.99. The van der Waals surface area contributed by atoms with Crippen LogP contribution in [0.1, 0.15) is 0 Å². The van der Waals surface area contributed by atoms with Gasteiger partial charge in [0.15, 0.2) is 9.84 Å². The Bertz CT molecular complexity index is 439. The first-order chi connectivity index (χ1) is 5.82. The minimum absolute atomic E-state index is 0.0104. The summed E-state index contributed by atoms with van der Waals surface area (Å²) in [5.74, 6) is -0.163. The lowest BCUT2D eigenvalue weighted by atomic mass is 10.3. The Kier molecular flexibility index (Phi) is 3.44. The lowest BCUT2D eigenvalue weighted by molar-refractivity contribution is 0.455. The van der Waals surface area contributed by atoms with Gasteiger partial charge in [-0.1, -0.05) is 0 Å². The molecule has 3 nitrogen and oxygen atoms in total. The van der Waals surface area contributed by atoms with Crippen molar-refractivity contribution in [3.05, 3.63) is 19.3 Å². The van der Waals surface area contributed by atoms with Crippen molar-refractivity contribution < 1.29 is 13.5 Å². The highest BCUT2D eigenvalue weighted by molar-refractivity contribution is 14.1. The fraction of sp³-hybridized carbons (Fsp3) is 0.143. The highest BCUT2D eigenvalue weighted by Gasteiger charge is 2.16. The van der Waals surface area contributed by atoms with Gasteiger partial charge in [0.1, 0.15) is 10.6 Å². The molecule has 0 fully saturated rings. The first kappa shape index (κ1) is 11.5. The number of phenols is 1. The van der Waals surface area contributed by atoms with Gasteiger partial charge in [0.25, 0.3) is 0 Å². The number of rotatable bonds is 1. The molecule has 0 amide bonds. The molecule has 0 heterocycles. The summed E-state index contributed by atoms with van der Waals surface area (Å²) >= 11 is 3.90. The zero-order valence-electron chi connectivity index (χ0n) is 6.58. The van der Waals surface area contributed by atoms with Gasteiger partial charge in [-0.15, -0.1) is 0 Å². The third kappa shape index (κ3) is 2.69. The molecule has 0 atom stereocenters. The van der Waals surface area contributed by atoms with E-state index in [9.17, 15) is 13.5 Å². The zero-order valence-corrected chi connectivity index (χ0v) is 11.7. The Labute approximate surface area is 104 Å². The molecule has 0 spiro atoms. The Morgan fingerprint density at radius 3 is 2.31 bits per heavy atom. The standard InChI is InChI=1S/C7H6I2O3S/c1-13(11,12)6-3-4(8)2-5(9)7(6)10/h2-3,10H,1H3. The minimum Gasteiger partial charge on any atom is -0.505 e. The zero-order chi connectivity index (χ0) is 10.2. The van der Waals surface area contributed by atoms with Gasteiger partial charge in [0.2, 0.25) is 0 Å². The van der Waals surface area contributed by atoms with Crippen molar-refractivity contribution in [2.45, 2.75) is 4.90 Å². The van der Waals surface area contributed by atoms with Gasteiger partial charge in [-0.05, 0) is 57.3 Å². The summed E-state index contributed by atoms with van der Waals surface area (Å²) in [7, 11) is -3.34. The molecular formula is C7H6I2O3S. The van der Waals surface area contributed by atoms with Crippen LogP contribution in [0.15, 0.2) is 17.0 Å². The molecule has 1 rings (SSSR count). The molecule has 1 aromatic carbocycles. The minimum atomic E-state index is -3.34. The van der Waals surface area contributed by atoms with Gasteiger partial charge in [0.05, 0.1) is 3.57 Å². The van der Waals surface area contributed by atoms with Crippen LogP contribution in [0, 0.1) is 7.14 Å². The van der Waals surface area contributed by atoms with Crippen LogP contribution in [0.3, 0.4) is 0 Å². The molecule has 1 N–H and O–H groups in total. The van der Waals surface area contributed by atoms with E-state index in [2.05, 4.69) is 0 Å². The van der Waals surface area contributed by atoms with Gasteiger partial charge >= 0.3 is 0 Å². The van der Waals surface area contributed by atoms with Crippen molar-refractivity contribution >= 4 is 55.0 Å². The largest absolute Gasteiger partial charge is 0.505 e. The summed E-state index contributed by atoms with van der Waals surface area (Å²) in [5.41, 5.74) is 0. The van der Waals surface area contributed by atoms with E-state index in [0.717, 1.165) is 9.83 Å². The van der Waals surface area contributed by atoms with E-state index in [-0.39, 0.29) is 10.6 Å². The van der Waals surface area contributed by atoms with Crippen LogP contribution >= 0.6 is 45.2 Å². The first-order valence-corrected chi connectivity index (χ1v) is 7.25.